The number of para-hydroxylation sites is 2. The van der Waals surface area contributed by atoms with E-state index >= 15 is 0 Å². The molecule has 0 radical (unpaired) electrons. The maximum atomic E-state index is 11.4. The zero-order valence-electron chi connectivity index (χ0n) is 11.5. The van der Waals surface area contributed by atoms with Gasteiger partial charge in [0.2, 0.25) is 11.8 Å². The molecule has 0 spiro atoms. The second-order valence-corrected chi connectivity index (χ2v) is 4.01. The Morgan fingerprint density at radius 2 is 1.95 bits per heavy atom. The van der Waals surface area contributed by atoms with Gasteiger partial charge in [0.05, 0.1) is 25.2 Å². The number of carbonyl (C=O) groups excluding carboxylic acids is 2. The van der Waals surface area contributed by atoms with Gasteiger partial charge in [-0.25, -0.2) is 9.78 Å². The molecule has 0 saturated heterocycles. The van der Waals surface area contributed by atoms with E-state index in [0.717, 1.165) is 0 Å². The van der Waals surface area contributed by atoms with Crippen LogP contribution in [-0.4, -0.2) is 29.0 Å². The van der Waals surface area contributed by atoms with E-state index in [0.29, 0.717) is 11.4 Å². The molecule has 21 heavy (non-hydrogen) atoms. The number of methoxy groups -OCH3 is 1. The lowest BCUT2D eigenvalue weighted by Gasteiger charge is -2.10. The van der Waals surface area contributed by atoms with Crippen molar-refractivity contribution in [1.29, 1.82) is 0 Å². The quantitative estimate of drug-likeness (QED) is 0.865. The van der Waals surface area contributed by atoms with Crippen molar-refractivity contribution in [2.45, 2.75) is 6.92 Å². The van der Waals surface area contributed by atoms with Crippen LogP contribution in [0.1, 0.15) is 17.4 Å². The zero-order chi connectivity index (χ0) is 15.2. The van der Waals surface area contributed by atoms with Gasteiger partial charge in [-0.2, -0.15) is 0 Å². The first-order valence-corrected chi connectivity index (χ1v) is 6.05. The third-order valence-electron chi connectivity index (χ3n) is 2.42. The molecule has 7 heteroatoms. The molecule has 1 heterocycles. The Bertz CT molecular complexity index is 673. The Balaban J connectivity index is 2.26. The molecular weight excluding hydrogens is 274 g/mol. The lowest BCUT2D eigenvalue weighted by atomic mass is 10.3. The fourth-order valence-electron chi connectivity index (χ4n) is 1.56. The Hall–Kier alpha value is -2.96. The summed E-state index contributed by atoms with van der Waals surface area (Å²) in [6.45, 7) is 1.40. The predicted molar refractivity (Wildman–Crippen MR) is 74.2 cm³/mol. The third-order valence-corrected chi connectivity index (χ3v) is 2.42. The zero-order valence-corrected chi connectivity index (χ0v) is 11.5. The molecule has 1 amide bonds. The highest BCUT2D eigenvalue weighted by Crippen LogP contribution is 2.27. The molecule has 0 aliphatic heterocycles. The van der Waals surface area contributed by atoms with E-state index in [9.17, 15) is 9.59 Å². The maximum absolute atomic E-state index is 11.4. The van der Waals surface area contributed by atoms with Crippen molar-refractivity contribution in [2.75, 3.05) is 12.4 Å². The largest absolute Gasteiger partial charge is 0.464 e. The predicted octanol–water partition coefficient (Wildman–Crippen LogP) is 2.01. The third kappa shape index (κ3) is 3.75. The van der Waals surface area contributed by atoms with E-state index in [2.05, 4.69) is 20.0 Å². The van der Waals surface area contributed by atoms with Gasteiger partial charge < -0.3 is 14.8 Å². The number of carbonyl (C=O) groups is 2. The summed E-state index contributed by atoms with van der Waals surface area (Å²) in [5.74, 6) is -0.316. The van der Waals surface area contributed by atoms with E-state index in [1.54, 1.807) is 24.3 Å². The summed E-state index contributed by atoms with van der Waals surface area (Å²) in [4.78, 5) is 30.4. The summed E-state index contributed by atoms with van der Waals surface area (Å²) < 4.78 is 10.1. The molecule has 0 unspecified atom stereocenters. The van der Waals surface area contributed by atoms with Crippen molar-refractivity contribution >= 4 is 17.6 Å². The number of anilines is 1. The highest BCUT2D eigenvalue weighted by Gasteiger charge is 2.11. The van der Waals surface area contributed by atoms with Gasteiger partial charge in [0, 0.05) is 6.92 Å². The molecule has 0 aliphatic rings. The molecular formula is C14H13N3O4. The van der Waals surface area contributed by atoms with E-state index in [-0.39, 0.29) is 17.5 Å². The van der Waals surface area contributed by atoms with Crippen LogP contribution in [-0.2, 0) is 9.53 Å². The van der Waals surface area contributed by atoms with E-state index in [1.807, 2.05) is 0 Å². The first-order valence-electron chi connectivity index (χ1n) is 6.05. The molecule has 0 saturated carbocycles. The van der Waals surface area contributed by atoms with E-state index in [4.69, 9.17) is 4.74 Å². The van der Waals surface area contributed by atoms with Gasteiger partial charge in [-0.05, 0) is 12.1 Å². The molecule has 0 bridgehead atoms. The Kier molecular flexibility index (Phi) is 4.45. The number of amides is 1. The first kappa shape index (κ1) is 14.4. The molecule has 2 aromatic rings. The van der Waals surface area contributed by atoms with E-state index < -0.39 is 5.97 Å². The average Bonchev–Trinajstić information content (AvgIpc) is 2.48. The van der Waals surface area contributed by atoms with Gasteiger partial charge in [-0.15, -0.1) is 0 Å². The Morgan fingerprint density at radius 1 is 1.19 bits per heavy atom. The SMILES string of the molecule is COC(=O)c1cncc(Oc2ccccc2NC(C)=O)n1. The first-order chi connectivity index (χ1) is 10.1. The molecule has 1 aromatic carbocycles. The van der Waals surface area contributed by atoms with Crippen LogP contribution in [0.2, 0.25) is 0 Å². The van der Waals surface area contributed by atoms with Crippen LogP contribution in [0.5, 0.6) is 11.6 Å². The number of hydrogen-bond donors (Lipinski definition) is 1. The highest BCUT2D eigenvalue weighted by molar-refractivity contribution is 5.90. The number of nitrogens with one attached hydrogen (secondary N) is 1. The van der Waals surface area contributed by atoms with Crippen LogP contribution in [0.25, 0.3) is 0 Å². The van der Waals surface area contributed by atoms with Crippen molar-refractivity contribution in [3.05, 3.63) is 42.4 Å². The lowest BCUT2D eigenvalue weighted by Crippen LogP contribution is -2.08. The minimum absolute atomic E-state index is 0.0343. The molecule has 1 aromatic heterocycles. The Morgan fingerprint density at radius 3 is 2.67 bits per heavy atom. The van der Waals surface area contributed by atoms with Crippen LogP contribution < -0.4 is 10.1 Å². The van der Waals surface area contributed by atoms with Crippen LogP contribution in [0.4, 0.5) is 5.69 Å². The fourth-order valence-corrected chi connectivity index (χ4v) is 1.56. The van der Waals surface area contributed by atoms with Gasteiger partial charge in [-0.3, -0.25) is 9.78 Å². The number of rotatable bonds is 4. The monoisotopic (exact) mass is 287 g/mol. The van der Waals surface area contributed by atoms with Gasteiger partial charge in [0.15, 0.2) is 11.4 Å². The van der Waals surface area contributed by atoms with Gasteiger partial charge >= 0.3 is 5.97 Å². The van der Waals surface area contributed by atoms with Crippen molar-refractivity contribution in [2.24, 2.45) is 0 Å². The number of ether oxygens (including phenoxy) is 2. The van der Waals surface area contributed by atoms with Crippen LogP contribution >= 0.6 is 0 Å². The highest BCUT2D eigenvalue weighted by atomic mass is 16.5. The topological polar surface area (TPSA) is 90.4 Å². The van der Waals surface area contributed by atoms with Crippen LogP contribution in [0.15, 0.2) is 36.7 Å². The number of esters is 1. The van der Waals surface area contributed by atoms with Crippen molar-refractivity contribution < 1.29 is 19.1 Å². The molecule has 0 fully saturated rings. The molecule has 0 atom stereocenters. The summed E-state index contributed by atoms with van der Waals surface area (Å²) in [6, 6.07) is 6.86. The lowest BCUT2D eigenvalue weighted by molar-refractivity contribution is -0.114. The smallest absolute Gasteiger partial charge is 0.358 e. The molecule has 2 rings (SSSR count). The minimum atomic E-state index is -0.608. The summed E-state index contributed by atoms with van der Waals surface area (Å²) in [7, 11) is 1.25. The summed E-state index contributed by atoms with van der Waals surface area (Å²) >= 11 is 0. The van der Waals surface area contributed by atoms with E-state index in [1.165, 1.54) is 26.4 Å². The van der Waals surface area contributed by atoms with Gasteiger partial charge in [0.1, 0.15) is 0 Å². The number of benzene rings is 1. The molecule has 1 N–H and O–H groups in total. The number of aromatic nitrogens is 2. The summed E-state index contributed by atoms with van der Waals surface area (Å²) in [5, 5.41) is 2.64. The second kappa shape index (κ2) is 6.47. The van der Waals surface area contributed by atoms with Crippen LogP contribution in [0, 0.1) is 0 Å². The number of nitrogens with zero attached hydrogens (tertiary/aromatic N) is 2. The number of hydrogen-bond acceptors (Lipinski definition) is 6. The van der Waals surface area contributed by atoms with Crippen molar-refractivity contribution in [1.82, 2.24) is 9.97 Å². The fraction of sp³-hybridized carbons (Fsp3) is 0.143. The standard InChI is InChI=1S/C14H13N3O4/c1-9(18)16-10-5-3-4-6-12(10)21-13-8-15-7-11(17-13)14(19)20-2/h3-8H,1-2H3,(H,16,18). The summed E-state index contributed by atoms with van der Waals surface area (Å²) in [6.07, 6.45) is 2.63. The molecule has 7 nitrogen and oxygen atoms in total. The van der Waals surface area contributed by atoms with Crippen molar-refractivity contribution in [3.63, 3.8) is 0 Å². The second-order valence-electron chi connectivity index (χ2n) is 4.01. The molecule has 0 aliphatic carbocycles. The van der Waals surface area contributed by atoms with Crippen molar-refractivity contribution in [3.8, 4) is 11.6 Å². The van der Waals surface area contributed by atoms with Gasteiger partial charge in [-0.1, -0.05) is 12.1 Å². The average molecular weight is 287 g/mol. The van der Waals surface area contributed by atoms with Gasteiger partial charge in [0.25, 0.3) is 0 Å². The maximum Gasteiger partial charge on any atom is 0.358 e. The minimum Gasteiger partial charge on any atom is -0.464 e. The van der Waals surface area contributed by atoms with Crippen LogP contribution in [0.3, 0.4) is 0 Å². The summed E-state index contributed by atoms with van der Waals surface area (Å²) in [5.41, 5.74) is 0.530. The Labute approximate surface area is 120 Å². The molecule has 108 valence electrons. The normalized spacial score (nSPS) is 9.81.